The van der Waals surface area contributed by atoms with Gasteiger partial charge in [-0.25, -0.2) is 14.8 Å². The maximum atomic E-state index is 11.8. The lowest BCUT2D eigenvalue weighted by Gasteiger charge is -2.07. The Labute approximate surface area is 123 Å². The highest BCUT2D eigenvalue weighted by molar-refractivity contribution is 7.99. The van der Waals surface area contributed by atoms with E-state index in [-0.39, 0.29) is 35.5 Å². The van der Waals surface area contributed by atoms with E-state index in [9.17, 15) is 18.0 Å². The fourth-order valence-corrected chi connectivity index (χ4v) is 1.87. The molecule has 0 saturated heterocycles. The Bertz CT molecular complexity index is 486. The van der Waals surface area contributed by atoms with E-state index in [4.69, 9.17) is 10.5 Å². The zero-order valence-electron chi connectivity index (χ0n) is 11.1. The maximum absolute atomic E-state index is 11.8. The molecule has 2 N–H and O–H groups in total. The van der Waals surface area contributed by atoms with Gasteiger partial charge in [0.1, 0.15) is 18.0 Å². The normalized spacial score (nSPS) is 11.4. The molecule has 0 amide bonds. The van der Waals surface area contributed by atoms with Gasteiger partial charge in [-0.15, -0.1) is 0 Å². The van der Waals surface area contributed by atoms with Crippen LogP contribution < -0.4 is 5.73 Å². The molecule has 0 radical (unpaired) electrons. The number of ether oxygens (including phenoxy) is 2. The zero-order chi connectivity index (χ0) is 15.9. The minimum Gasteiger partial charge on any atom is -0.462 e. The number of halogens is 3. The summed E-state index contributed by atoms with van der Waals surface area (Å²) in [5.74, 6) is -0.434. The molecule has 1 aromatic rings. The fourth-order valence-electron chi connectivity index (χ4n) is 1.19. The number of rotatable bonds is 7. The summed E-state index contributed by atoms with van der Waals surface area (Å²) < 4.78 is 44.7. The second-order valence-corrected chi connectivity index (χ2v) is 4.75. The number of carbonyl (C=O) groups is 1. The number of anilines is 1. The number of aromatic nitrogens is 2. The number of esters is 1. The monoisotopic (exact) mass is 325 g/mol. The van der Waals surface area contributed by atoms with Crippen LogP contribution in [0, 0.1) is 0 Å². The minimum atomic E-state index is -4.34. The number of thioether (sulfide) groups is 1. The zero-order valence-corrected chi connectivity index (χ0v) is 12.0. The van der Waals surface area contributed by atoms with E-state index in [0.29, 0.717) is 0 Å². The van der Waals surface area contributed by atoms with Gasteiger partial charge < -0.3 is 15.2 Å². The molecule has 0 atom stereocenters. The van der Waals surface area contributed by atoms with Crippen molar-refractivity contribution in [3.63, 3.8) is 0 Å². The SMILES string of the molecule is CCOC(=O)c1cnc(SCCOCC(F)(F)F)nc1N. The molecule has 1 heterocycles. The van der Waals surface area contributed by atoms with Crippen molar-refractivity contribution in [2.24, 2.45) is 0 Å². The number of alkyl halides is 3. The first-order valence-electron chi connectivity index (χ1n) is 5.90. The van der Waals surface area contributed by atoms with Gasteiger partial charge in [-0.3, -0.25) is 0 Å². The number of nitrogens with zero attached hydrogens (tertiary/aromatic N) is 2. The first-order valence-corrected chi connectivity index (χ1v) is 6.89. The van der Waals surface area contributed by atoms with E-state index in [1.165, 1.54) is 6.20 Å². The fraction of sp³-hybridized carbons (Fsp3) is 0.545. The third-order valence-electron chi connectivity index (χ3n) is 2.02. The highest BCUT2D eigenvalue weighted by Crippen LogP contribution is 2.18. The van der Waals surface area contributed by atoms with E-state index in [1.54, 1.807) is 6.92 Å². The summed E-state index contributed by atoms with van der Waals surface area (Å²) in [5.41, 5.74) is 5.65. The molecule has 6 nitrogen and oxygen atoms in total. The highest BCUT2D eigenvalue weighted by Gasteiger charge is 2.27. The average molecular weight is 325 g/mol. The van der Waals surface area contributed by atoms with Crippen LogP contribution in [0.2, 0.25) is 0 Å². The summed E-state index contributed by atoms with van der Waals surface area (Å²) in [7, 11) is 0. The third-order valence-corrected chi connectivity index (χ3v) is 2.84. The second kappa shape index (κ2) is 8.03. The molecule has 21 heavy (non-hydrogen) atoms. The van der Waals surface area contributed by atoms with Gasteiger partial charge >= 0.3 is 12.1 Å². The van der Waals surface area contributed by atoms with Gasteiger partial charge in [0.15, 0.2) is 5.16 Å². The van der Waals surface area contributed by atoms with Crippen molar-refractivity contribution in [1.82, 2.24) is 9.97 Å². The average Bonchev–Trinajstić information content (AvgIpc) is 2.37. The molecule has 0 unspecified atom stereocenters. The molecule has 1 aromatic heterocycles. The molecule has 0 saturated carbocycles. The molecule has 0 aliphatic rings. The van der Waals surface area contributed by atoms with Crippen molar-refractivity contribution in [3.05, 3.63) is 11.8 Å². The Balaban J connectivity index is 2.44. The van der Waals surface area contributed by atoms with Crippen LogP contribution in [0.15, 0.2) is 11.4 Å². The molecule has 0 bridgehead atoms. The van der Waals surface area contributed by atoms with Crippen molar-refractivity contribution in [1.29, 1.82) is 0 Å². The van der Waals surface area contributed by atoms with Gasteiger partial charge in [-0.1, -0.05) is 11.8 Å². The van der Waals surface area contributed by atoms with E-state index in [2.05, 4.69) is 14.7 Å². The Morgan fingerprint density at radius 1 is 1.48 bits per heavy atom. The summed E-state index contributed by atoms with van der Waals surface area (Å²) >= 11 is 1.07. The van der Waals surface area contributed by atoms with Crippen LogP contribution in [0.5, 0.6) is 0 Å². The van der Waals surface area contributed by atoms with Gasteiger partial charge in [0.2, 0.25) is 0 Å². The summed E-state index contributed by atoms with van der Waals surface area (Å²) in [6, 6.07) is 0. The molecule has 0 spiro atoms. The molecule has 118 valence electrons. The quantitative estimate of drug-likeness (QED) is 0.354. The van der Waals surface area contributed by atoms with Crippen LogP contribution >= 0.6 is 11.8 Å². The largest absolute Gasteiger partial charge is 0.462 e. The Morgan fingerprint density at radius 3 is 2.76 bits per heavy atom. The molecule has 0 fully saturated rings. The lowest BCUT2D eigenvalue weighted by Crippen LogP contribution is -2.18. The van der Waals surface area contributed by atoms with Gasteiger partial charge in [0.05, 0.1) is 13.2 Å². The van der Waals surface area contributed by atoms with E-state index >= 15 is 0 Å². The van der Waals surface area contributed by atoms with Gasteiger partial charge in [0.25, 0.3) is 0 Å². The van der Waals surface area contributed by atoms with Crippen LogP contribution in [-0.2, 0) is 9.47 Å². The first-order chi connectivity index (χ1) is 9.83. The van der Waals surface area contributed by atoms with Crippen LogP contribution in [0.4, 0.5) is 19.0 Å². The predicted molar refractivity (Wildman–Crippen MR) is 70.0 cm³/mol. The molecule has 0 aliphatic heterocycles. The van der Waals surface area contributed by atoms with E-state index in [0.717, 1.165) is 11.8 Å². The Morgan fingerprint density at radius 2 is 2.19 bits per heavy atom. The number of nitrogens with two attached hydrogens (primary N) is 1. The van der Waals surface area contributed by atoms with Crippen LogP contribution in [0.25, 0.3) is 0 Å². The van der Waals surface area contributed by atoms with Crippen LogP contribution in [0.1, 0.15) is 17.3 Å². The Kier molecular flexibility index (Phi) is 6.69. The van der Waals surface area contributed by atoms with Crippen molar-refractivity contribution in [3.8, 4) is 0 Å². The van der Waals surface area contributed by atoms with Gasteiger partial charge in [-0.2, -0.15) is 13.2 Å². The first kappa shape index (κ1) is 17.5. The van der Waals surface area contributed by atoms with Crippen molar-refractivity contribution < 1.29 is 27.4 Å². The van der Waals surface area contributed by atoms with Crippen molar-refractivity contribution in [2.75, 3.05) is 31.3 Å². The molecule has 0 aliphatic carbocycles. The smallest absolute Gasteiger partial charge is 0.411 e. The summed E-state index contributed by atoms with van der Waals surface area (Å²) in [6.45, 7) is 0.455. The number of nitrogen functional groups attached to an aromatic ring is 1. The molecule has 0 aromatic carbocycles. The lowest BCUT2D eigenvalue weighted by molar-refractivity contribution is -0.172. The molecule has 10 heteroatoms. The van der Waals surface area contributed by atoms with Crippen molar-refractivity contribution in [2.45, 2.75) is 18.3 Å². The van der Waals surface area contributed by atoms with Crippen molar-refractivity contribution >= 4 is 23.5 Å². The molecular weight excluding hydrogens is 311 g/mol. The second-order valence-electron chi connectivity index (χ2n) is 3.69. The van der Waals surface area contributed by atoms with E-state index in [1.807, 2.05) is 0 Å². The summed E-state index contributed by atoms with van der Waals surface area (Å²) in [6.07, 6.45) is -3.12. The molecular formula is C11H14F3N3O3S. The van der Waals surface area contributed by atoms with Gasteiger partial charge in [-0.05, 0) is 6.92 Å². The highest BCUT2D eigenvalue weighted by atomic mass is 32.2. The summed E-state index contributed by atoms with van der Waals surface area (Å²) in [4.78, 5) is 19.2. The number of carbonyl (C=O) groups excluding carboxylic acids is 1. The lowest BCUT2D eigenvalue weighted by atomic mass is 10.3. The van der Waals surface area contributed by atoms with Crippen LogP contribution in [-0.4, -0.2) is 47.7 Å². The minimum absolute atomic E-state index is 0.0397. The van der Waals surface area contributed by atoms with E-state index < -0.39 is 18.8 Å². The number of hydrogen-bond donors (Lipinski definition) is 1. The summed E-state index contributed by atoms with van der Waals surface area (Å²) in [5, 5.41) is 0.246. The maximum Gasteiger partial charge on any atom is 0.411 e. The van der Waals surface area contributed by atoms with Gasteiger partial charge in [0, 0.05) is 11.9 Å². The Hall–Kier alpha value is -1.55. The number of hydrogen-bond acceptors (Lipinski definition) is 7. The molecule has 1 rings (SSSR count). The predicted octanol–water partition coefficient (Wildman–Crippen LogP) is 1.91. The third kappa shape index (κ3) is 6.63. The topological polar surface area (TPSA) is 87.3 Å². The van der Waals surface area contributed by atoms with Crippen LogP contribution in [0.3, 0.4) is 0 Å². The standard InChI is InChI=1S/C11H14F3N3O3S/c1-2-20-9(18)7-5-16-10(17-8(7)15)21-4-3-19-6-11(12,13)14/h5H,2-4,6H2,1H3,(H2,15,16,17).